The van der Waals surface area contributed by atoms with Crippen LogP contribution in [0, 0.1) is 0 Å². The maximum absolute atomic E-state index is 3.89. The molecule has 1 fully saturated rings. The van der Waals surface area contributed by atoms with Crippen LogP contribution in [-0.2, 0) is 18.5 Å². The van der Waals surface area contributed by atoms with Gasteiger partial charge in [0.2, 0.25) is 0 Å². The lowest BCUT2D eigenvalue weighted by atomic mass is 9.80. The number of nitrogens with zero attached hydrogens (tertiary/aromatic N) is 1. The van der Waals surface area contributed by atoms with Gasteiger partial charge in [0.05, 0.1) is 5.54 Å². The van der Waals surface area contributed by atoms with Gasteiger partial charge in [-0.15, -0.1) is 0 Å². The summed E-state index contributed by atoms with van der Waals surface area (Å²) in [4.78, 5) is 6.39. The van der Waals surface area contributed by atoms with Gasteiger partial charge in [-0.3, -0.25) is 4.90 Å². The van der Waals surface area contributed by atoms with Crippen molar-refractivity contribution in [2.45, 2.75) is 31.3 Å². The molecule has 1 unspecified atom stereocenters. The summed E-state index contributed by atoms with van der Waals surface area (Å²) in [5, 5.41) is 5.31. The molecule has 0 aliphatic carbocycles. The van der Waals surface area contributed by atoms with Crippen molar-refractivity contribution in [1.82, 2.24) is 15.2 Å². The van der Waals surface area contributed by atoms with Crippen LogP contribution in [-0.4, -0.2) is 29.5 Å². The molecule has 3 heterocycles. The standard InChI is InChI=1S/C22H25N3/c1-2-7-17(8-3-1)15-25-14-6-12-22(16-25)21-19(11-13-23-22)18-9-4-5-10-20(18)24-21/h1-5,7-10,23-24H,6,11-16H2. The third-order valence-corrected chi connectivity index (χ3v) is 5.95. The maximum Gasteiger partial charge on any atom is 0.0718 e. The molecule has 1 spiro atoms. The second-order valence-corrected chi connectivity index (χ2v) is 7.58. The van der Waals surface area contributed by atoms with E-state index in [1.165, 1.54) is 47.1 Å². The van der Waals surface area contributed by atoms with Crippen LogP contribution in [0.4, 0.5) is 0 Å². The molecular weight excluding hydrogens is 306 g/mol. The Hall–Kier alpha value is -2.10. The third kappa shape index (κ3) is 2.59. The van der Waals surface area contributed by atoms with Gasteiger partial charge in [-0.2, -0.15) is 0 Å². The zero-order valence-electron chi connectivity index (χ0n) is 14.6. The normalized spacial score (nSPS) is 23.8. The number of fused-ring (bicyclic) bond motifs is 4. The highest BCUT2D eigenvalue weighted by molar-refractivity contribution is 5.85. The Morgan fingerprint density at radius 2 is 1.84 bits per heavy atom. The van der Waals surface area contributed by atoms with E-state index in [-0.39, 0.29) is 5.54 Å². The molecule has 0 saturated carbocycles. The highest BCUT2D eigenvalue weighted by Crippen LogP contribution is 2.39. The molecule has 1 saturated heterocycles. The molecule has 2 N–H and O–H groups in total. The van der Waals surface area contributed by atoms with Gasteiger partial charge in [-0.1, -0.05) is 48.5 Å². The van der Waals surface area contributed by atoms with Crippen LogP contribution in [0.1, 0.15) is 29.7 Å². The van der Waals surface area contributed by atoms with Crippen molar-refractivity contribution in [2.24, 2.45) is 0 Å². The Morgan fingerprint density at radius 1 is 1.00 bits per heavy atom. The van der Waals surface area contributed by atoms with Crippen molar-refractivity contribution in [1.29, 1.82) is 0 Å². The number of piperidine rings is 1. The molecule has 1 aromatic heterocycles. The third-order valence-electron chi connectivity index (χ3n) is 5.95. The van der Waals surface area contributed by atoms with Gasteiger partial charge in [0, 0.05) is 36.2 Å². The van der Waals surface area contributed by atoms with Crippen molar-refractivity contribution >= 4 is 10.9 Å². The highest BCUT2D eigenvalue weighted by Gasteiger charge is 2.41. The first-order chi connectivity index (χ1) is 12.3. The number of aromatic amines is 1. The summed E-state index contributed by atoms with van der Waals surface area (Å²) >= 11 is 0. The Morgan fingerprint density at radius 3 is 2.76 bits per heavy atom. The van der Waals surface area contributed by atoms with Crippen molar-refractivity contribution in [3.8, 4) is 0 Å². The zero-order valence-corrected chi connectivity index (χ0v) is 14.6. The first kappa shape index (κ1) is 15.2. The van der Waals surface area contributed by atoms with Gasteiger partial charge in [0.15, 0.2) is 0 Å². The first-order valence-corrected chi connectivity index (χ1v) is 9.45. The van der Waals surface area contributed by atoms with Gasteiger partial charge in [-0.05, 0) is 43.0 Å². The average Bonchev–Trinajstić information content (AvgIpc) is 3.04. The molecule has 2 aliphatic heterocycles. The Kier molecular flexibility index (Phi) is 3.65. The Balaban J connectivity index is 1.49. The molecule has 2 aromatic carbocycles. The van der Waals surface area contributed by atoms with Gasteiger partial charge in [0.25, 0.3) is 0 Å². The molecule has 25 heavy (non-hydrogen) atoms. The predicted molar refractivity (Wildman–Crippen MR) is 103 cm³/mol. The number of rotatable bonds is 2. The number of para-hydroxylation sites is 1. The molecule has 0 radical (unpaired) electrons. The van der Waals surface area contributed by atoms with E-state index in [4.69, 9.17) is 0 Å². The number of nitrogens with one attached hydrogen (secondary N) is 2. The van der Waals surface area contributed by atoms with Crippen molar-refractivity contribution in [3.05, 3.63) is 71.4 Å². The molecule has 3 nitrogen and oxygen atoms in total. The Bertz CT molecular complexity index is 883. The fraction of sp³-hybridized carbons (Fsp3) is 0.364. The maximum atomic E-state index is 3.89. The van der Waals surface area contributed by atoms with Gasteiger partial charge in [-0.25, -0.2) is 0 Å². The molecule has 3 aromatic rings. The zero-order chi connectivity index (χ0) is 16.7. The highest BCUT2D eigenvalue weighted by atomic mass is 15.2. The summed E-state index contributed by atoms with van der Waals surface area (Å²) in [5.41, 5.74) is 5.76. The number of hydrogen-bond acceptors (Lipinski definition) is 2. The summed E-state index contributed by atoms with van der Waals surface area (Å²) in [6, 6.07) is 19.6. The summed E-state index contributed by atoms with van der Waals surface area (Å²) in [5.74, 6) is 0. The minimum atomic E-state index is 0.0830. The van der Waals surface area contributed by atoms with E-state index in [0.717, 1.165) is 26.1 Å². The second kappa shape index (κ2) is 6.01. The smallest absolute Gasteiger partial charge is 0.0718 e. The lowest BCUT2D eigenvalue weighted by Crippen LogP contribution is -2.57. The van der Waals surface area contributed by atoms with E-state index < -0.39 is 0 Å². The molecule has 5 rings (SSSR count). The van der Waals surface area contributed by atoms with Gasteiger partial charge in [0.1, 0.15) is 0 Å². The second-order valence-electron chi connectivity index (χ2n) is 7.58. The molecular formula is C22H25N3. The van der Waals surface area contributed by atoms with Crippen LogP contribution < -0.4 is 5.32 Å². The van der Waals surface area contributed by atoms with Gasteiger partial charge < -0.3 is 10.3 Å². The summed E-state index contributed by atoms with van der Waals surface area (Å²) in [7, 11) is 0. The van der Waals surface area contributed by atoms with E-state index in [2.05, 4.69) is 69.8 Å². The fourth-order valence-corrected chi connectivity index (χ4v) is 4.85. The average molecular weight is 331 g/mol. The van der Waals surface area contributed by atoms with Crippen LogP contribution in [0.2, 0.25) is 0 Å². The lowest BCUT2D eigenvalue weighted by molar-refractivity contribution is 0.107. The van der Waals surface area contributed by atoms with Crippen molar-refractivity contribution < 1.29 is 0 Å². The first-order valence-electron chi connectivity index (χ1n) is 9.45. The van der Waals surface area contributed by atoms with E-state index in [9.17, 15) is 0 Å². The number of aromatic nitrogens is 1. The topological polar surface area (TPSA) is 31.1 Å². The number of H-pyrrole nitrogens is 1. The molecule has 128 valence electrons. The summed E-state index contributed by atoms with van der Waals surface area (Å²) < 4.78 is 0. The largest absolute Gasteiger partial charge is 0.357 e. The number of likely N-dealkylation sites (tertiary alicyclic amines) is 1. The monoisotopic (exact) mass is 331 g/mol. The van der Waals surface area contributed by atoms with Crippen LogP contribution in [0.5, 0.6) is 0 Å². The minimum absolute atomic E-state index is 0.0830. The summed E-state index contributed by atoms with van der Waals surface area (Å²) in [6.45, 7) is 4.39. The van der Waals surface area contributed by atoms with Crippen molar-refractivity contribution in [3.63, 3.8) is 0 Å². The molecule has 3 heteroatoms. The van der Waals surface area contributed by atoms with E-state index in [1.807, 2.05) is 0 Å². The molecule has 0 amide bonds. The van der Waals surface area contributed by atoms with Crippen LogP contribution in [0.15, 0.2) is 54.6 Å². The number of hydrogen-bond donors (Lipinski definition) is 2. The SMILES string of the molecule is c1ccc(CN2CCCC3(C2)NCCc2c3[nH]c3ccccc23)cc1. The van der Waals surface area contributed by atoms with Crippen LogP contribution >= 0.6 is 0 Å². The lowest BCUT2D eigenvalue weighted by Gasteiger charge is -2.46. The predicted octanol–water partition coefficient (Wildman–Crippen LogP) is 3.80. The van der Waals surface area contributed by atoms with Crippen molar-refractivity contribution in [2.75, 3.05) is 19.6 Å². The van der Waals surface area contributed by atoms with E-state index >= 15 is 0 Å². The molecule has 0 bridgehead atoms. The van der Waals surface area contributed by atoms with Crippen LogP contribution in [0.3, 0.4) is 0 Å². The Labute approximate surface area is 149 Å². The molecule has 2 aliphatic rings. The molecule has 1 atom stereocenters. The van der Waals surface area contributed by atoms with E-state index in [1.54, 1.807) is 0 Å². The summed E-state index contributed by atoms with van der Waals surface area (Å²) in [6.07, 6.45) is 3.59. The van der Waals surface area contributed by atoms with E-state index in [0.29, 0.717) is 0 Å². The fourth-order valence-electron chi connectivity index (χ4n) is 4.85. The number of benzene rings is 2. The van der Waals surface area contributed by atoms with Crippen LogP contribution in [0.25, 0.3) is 10.9 Å². The van der Waals surface area contributed by atoms with Gasteiger partial charge >= 0.3 is 0 Å². The quantitative estimate of drug-likeness (QED) is 0.748. The minimum Gasteiger partial charge on any atom is -0.357 e.